The van der Waals surface area contributed by atoms with E-state index in [9.17, 15) is 13.0 Å². The summed E-state index contributed by atoms with van der Waals surface area (Å²) >= 11 is 0. The molecule has 1 aromatic carbocycles. The Morgan fingerprint density at radius 1 is 1.22 bits per heavy atom. The Bertz CT molecular complexity index is 912. The summed E-state index contributed by atoms with van der Waals surface area (Å²) in [5, 5.41) is 0. The molecule has 0 N–H and O–H groups in total. The summed E-state index contributed by atoms with van der Waals surface area (Å²) in [5.41, 5.74) is 1.82. The molecule has 0 aliphatic carbocycles. The topological polar surface area (TPSA) is 17.2 Å². The first kappa shape index (κ1) is 13.9. The van der Waals surface area contributed by atoms with E-state index in [0.29, 0.717) is 22.5 Å². The van der Waals surface area contributed by atoms with Crippen LogP contribution < -0.4 is 4.74 Å². The zero-order valence-electron chi connectivity index (χ0n) is 12.2. The van der Waals surface area contributed by atoms with Gasteiger partial charge in [0.05, 0.1) is 12.7 Å². The lowest BCUT2D eigenvalue weighted by molar-refractivity contribution is -0.356. The van der Waals surface area contributed by atoms with Crippen LogP contribution in [0.25, 0.3) is 5.57 Å². The molecule has 23 heavy (non-hydrogen) atoms. The number of aromatic nitrogens is 1. The molecule has 0 saturated heterocycles. The van der Waals surface area contributed by atoms with Crippen molar-refractivity contribution in [3.63, 3.8) is 0 Å². The molecule has 0 fully saturated rings. The Labute approximate surface area is 130 Å². The molecular formula is C16H12BF3N2O. The number of hydrogen-bond acceptors (Lipinski definition) is 1. The molecule has 2 aromatic rings. The monoisotopic (exact) mass is 316 g/mol. The molecule has 0 unspecified atom stereocenters. The van der Waals surface area contributed by atoms with E-state index < -0.39 is 12.8 Å². The predicted molar refractivity (Wildman–Crippen MR) is 82.2 cm³/mol. The van der Waals surface area contributed by atoms with Crippen LogP contribution in [0.15, 0.2) is 54.4 Å². The van der Waals surface area contributed by atoms with Crippen LogP contribution in [-0.4, -0.2) is 29.3 Å². The lowest BCUT2D eigenvalue weighted by atomic mass is 9.86. The van der Waals surface area contributed by atoms with E-state index in [1.807, 2.05) is 0 Å². The highest BCUT2D eigenvalue weighted by molar-refractivity contribution is 6.57. The number of methoxy groups -OCH3 is 1. The van der Waals surface area contributed by atoms with Crippen LogP contribution in [0, 0.1) is 5.82 Å². The Morgan fingerprint density at radius 2 is 2.04 bits per heavy atom. The maximum atomic E-state index is 14.6. The smallest absolute Gasteiger partial charge is 0.494 e. The van der Waals surface area contributed by atoms with E-state index in [0.717, 1.165) is 8.96 Å². The third kappa shape index (κ3) is 1.82. The van der Waals surface area contributed by atoms with Gasteiger partial charge in [-0.25, -0.2) is 4.39 Å². The van der Waals surface area contributed by atoms with E-state index in [2.05, 4.69) is 0 Å². The molecule has 2 aliphatic rings. The van der Waals surface area contributed by atoms with Gasteiger partial charge in [-0.2, -0.15) is 0 Å². The van der Waals surface area contributed by atoms with Crippen LogP contribution in [-0.2, 0) is 0 Å². The number of ether oxygens (including phenoxy) is 1. The molecule has 1 aromatic heterocycles. The van der Waals surface area contributed by atoms with Crippen molar-refractivity contribution in [1.82, 2.24) is 4.48 Å². The van der Waals surface area contributed by atoms with Crippen molar-refractivity contribution in [2.24, 2.45) is 0 Å². The minimum absolute atomic E-state index is 0.116. The summed E-state index contributed by atoms with van der Waals surface area (Å²) in [6, 6.07) is 7.65. The van der Waals surface area contributed by atoms with Crippen molar-refractivity contribution >= 4 is 18.8 Å². The van der Waals surface area contributed by atoms with E-state index in [1.165, 1.54) is 31.7 Å². The maximum Gasteiger partial charge on any atom is 0.737 e. The molecule has 3 nitrogen and oxygen atoms in total. The zero-order valence-corrected chi connectivity index (χ0v) is 12.2. The molecule has 0 amide bonds. The predicted octanol–water partition coefficient (Wildman–Crippen LogP) is 3.28. The molecule has 116 valence electrons. The molecule has 0 radical (unpaired) electrons. The number of fused-ring (bicyclic) bond motifs is 2. The number of nitrogens with zero attached hydrogens (tertiary/aromatic N) is 2. The van der Waals surface area contributed by atoms with Gasteiger partial charge in [0.15, 0.2) is 17.3 Å². The SMILES string of the molecule is COc1ccc(C2=C3C=CC=[N+]3[B-](F)(F)n3cccc32)cc1F. The Kier molecular flexibility index (Phi) is 2.82. The van der Waals surface area contributed by atoms with Gasteiger partial charge in [-0.1, -0.05) is 6.07 Å². The van der Waals surface area contributed by atoms with E-state index in [1.54, 1.807) is 30.4 Å². The normalized spacial score (nSPS) is 17.8. The zero-order chi connectivity index (χ0) is 16.2. The quantitative estimate of drug-likeness (QED) is 0.777. The van der Waals surface area contributed by atoms with Gasteiger partial charge in [-0.05, 0) is 36.0 Å². The highest BCUT2D eigenvalue weighted by Gasteiger charge is 2.51. The van der Waals surface area contributed by atoms with Crippen molar-refractivity contribution in [3.05, 3.63) is 71.5 Å². The highest BCUT2D eigenvalue weighted by atomic mass is 19.2. The number of rotatable bonds is 2. The largest absolute Gasteiger partial charge is 0.737 e. The van der Waals surface area contributed by atoms with E-state index in [4.69, 9.17) is 4.74 Å². The summed E-state index contributed by atoms with van der Waals surface area (Å²) in [6.07, 6.45) is 5.87. The number of hydrogen-bond donors (Lipinski definition) is 0. The molecule has 2 aliphatic heterocycles. The van der Waals surface area contributed by atoms with Crippen LogP contribution in [0.2, 0.25) is 0 Å². The van der Waals surface area contributed by atoms with Crippen LogP contribution in [0.3, 0.4) is 0 Å². The first-order valence-electron chi connectivity index (χ1n) is 7.12. The lowest BCUT2D eigenvalue weighted by Crippen LogP contribution is -2.49. The van der Waals surface area contributed by atoms with Gasteiger partial charge in [-0.15, -0.1) is 0 Å². The lowest BCUT2D eigenvalue weighted by Gasteiger charge is -2.30. The van der Waals surface area contributed by atoms with Crippen molar-refractivity contribution in [1.29, 1.82) is 0 Å². The highest BCUT2D eigenvalue weighted by Crippen LogP contribution is 2.39. The summed E-state index contributed by atoms with van der Waals surface area (Å²) in [4.78, 5) is 0. The molecule has 7 heteroatoms. The molecule has 0 spiro atoms. The first-order valence-corrected chi connectivity index (χ1v) is 7.12. The Hall–Kier alpha value is -2.70. The van der Waals surface area contributed by atoms with Crippen molar-refractivity contribution in [3.8, 4) is 5.75 Å². The van der Waals surface area contributed by atoms with Gasteiger partial charge < -0.3 is 22.3 Å². The standard InChI is InChI=1S/C16H12BF3N2O/c1-23-15-7-6-11(10-12(15)18)16-13-4-2-8-21(13)17(19,20)22-9-3-5-14(16)22/h2-10H,1H3. The van der Waals surface area contributed by atoms with Gasteiger partial charge in [0.1, 0.15) is 6.21 Å². The Morgan fingerprint density at radius 3 is 2.78 bits per heavy atom. The van der Waals surface area contributed by atoms with Gasteiger partial charge >= 0.3 is 6.97 Å². The summed E-state index contributed by atoms with van der Waals surface area (Å²) in [6.45, 7) is -3.94. The van der Waals surface area contributed by atoms with Gasteiger partial charge in [-0.3, -0.25) is 0 Å². The molecular weight excluding hydrogens is 304 g/mol. The average Bonchev–Trinajstić information content (AvgIpc) is 3.17. The Balaban J connectivity index is 2.00. The minimum Gasteiger partial charge on any atom is -0.494 e. The second-order valence-electron chi connectivity index (χ2n) is 5.41. The summed E-state index contributed by atoms with van der Waals surface area (Å²) < 4.78 is 50.1. The third-order valence-corrected chi connectivity index (χ3v) is 4.18. The molecule has 0 bridgehead atoms. The summed E-state index contributed by atoms with van der Waals surface area (Å²) in [5.74, 6) is -0.415. The van der Waals surface area contributed by atoms with Crippen LogP contribution in [0.1, 0.15) is 11.3 Å². The van der Waals surface area contributed by atoms with Gasteiger partial charge in [0.25, 0.3) is 0 Å². The fourth-order valence-corrected chi connectivity index (χ4v) is 3.14. The molecule has 3 heterocycles. The van der Waals surface area contributed by atoms with E-state index >= 15 is 0 Å². The van der Waals surface area contributed by atoms with Gasteiger partial charge in [0, 0.05) is 17.8 Å². The second-order valence-corrected chi connectivity index (χ2v) is 5.41. The summed E-state index contributed by atoms with van der Waals surface area (Å²) in [7, 11) is 1.38. The van der Waals surface area contributed by atoms with E-state index in [-0.39, 0.29) is 5.75 Å². The number of halogens is 3. The second kappa shape index (κ2) is 4.65. The first-order chi connectivity index (χ1) is 11.0. The minimum atomic E-state index is -3.94. The third-order valence-electron chi connectivity index (χ3n) is 4.18. The molecule has 0 atom stereocenters. The fraction of sp³-hybridized carbons (Fsp3) is 0.0625. The van der Waals surface area contributed by atoms with Crippen molar-refractivity contribution in [2.75, 3.05) is 7.11 Å². The fourth-order valence-electron chi connectivity index (χ4n) is 3.14. The molecule has 4 rings (SSSR count). The maximum absolute atomic E-state index is 14.6. The van der Waals surface area contributed by atoms with Crippen LogP contribution in [0.5, 0.6) is 5.75 Å². The number of benzene rings is 1. The molecule has 0 saturated carbocycles. The number of allylic oxidation sites excluding steroid dienone is 2. The van der Waals surface area contributed by atoms with Gasteiger partial charge in [0.2, 0.25) is 0 Å². The van der Waals surface area contributed by atoms with Crippen LogP contribution >= 0.6 is 0 Å². The average molecular weight is 316 g/mol. The van der Waals surface area contributed by atoms with Crippen molar-refractivity contribution < 1.29 is 22.2 Å². The van der Waals surface area contributed by atoms with Crippen LogP contribution in [0.4, 0.5) is 13.0 Å². The van der Waals surface area contributed by atoms with Crippen molar-refractivity contribution in [2.45, 2.75) is 0 Å².